The Labute approximate surface area is 128 Å². The van der Waals surface area contributed by atoms with Crippen LogP contribution in [0.25, 0.3) is 0 Å². The Kier molecular flexibility index (Phi) is 7.13. The summed E-state index contributed by atoms with van der Waals surface area (Å²) in [6, 6.07) is 7.78. The summed E-state index contributed by atoms with van der Waals surface area (Å²) >= 11 is 0. The molecule has 0 saturated carbocycles. The third kappa shape index (κ3) is 5.70. The first-order valence-electron chi connectivity index (χ1n) is 7.87. The van der Waals surface area contributed by atoms with E-state index in [4.69, 9.17) is 0 Å². The van der Waals surface area contributed by atoms with Crippen molar-refractivity contribution in [3.63, 3.8) is 0 Å². The topological polar surface area (TPSA) is 37.4 Å². The molecule has 1 rings (SSSR count). The summed E-state index contributed by atoms with van der Waals surface area (Å²) in [7, 11) is 0. The van der Waals surface area contributed by atoms with Crippen molar-refractivity contribution in [3.8, 4) is 0 Å². The monoisotopic (exact) mass is 289 g/mol. The Bertz CT molecular complexity index is 459. The van der Waals surface area contributed by atoms with Crippen molar-refractivity contribution in [2.75, 3.05) is 13.1 Å². The summed E-state index contributed by atoms with van der Waals surface area (Å²) in [6.07, 6.45) is 1.61. The molecule has 3 nitrogen and oxygen atoms in total. The zero-order valence-electron chi connectivity index (χ0n) is 13.7. The molecule has 116 valence electrons. The number of hydrogen-bond acceptors (Lipinski definition) is 2. The highest BCUT2D eigenvalue weighted by Crippen LogP contribution is 2.12. The van der Waals surface area contributed by atoms with Gasteiger partial charge in [-0.05, 0) is 31.7 Å². The second-order valence-electron chi connectivity index (χ2n) is 5.78. The first-order chi connectivity index (χ1) is 9.97. The number of hydrogen-bond donors (Lipinski definition) is 0. The summed E-state index contributed by atoms with van der Waals surface area (Å²) < 4.78 is 0. The van der Waals surface area contributed by atoms with E-state index in [9.17, 15) is 9.59 Å². The van der Waals surface area contributed by atoms with Crippen molar-refractivity contribution in [2.24, 2.45) is 5.92 Å². The lowest BCUT2D eigenvalue weighted by atomic mass is 9.99. The SMILES string of the molecule is CCN(CC)C(=O)CCC(=O)c1ccc(CC(C)C)cc1. The molecule has 0 bridgehead atoms. The molecule has 0 aliphatic heterocycles. The van der Waals surface area contributed by atoms with E-state index in [1.807, 2.05) is 38.1 Å². The van der Waals surface area contributed by atoms with Crippen molar-refractivity contribution < 1.29 is 9.59 Å². The lowest BCUT2D eigenvalue weighted by Gasteiger charge is -2.18. The first kappa shape index (κ1) is 17.4. The van der Waals surface area contributed by atoms with E-state index in [1.54, 1.807) is 4.90 Å². The van der Waals surface area contributed by atoms with Gasteiger partial charge in [-0.3, -0.25) is 9.59 Å². The van der Waals surface area contributed by atoms with Gasteiger partial charge in [-0.2, -0.15) is 0 Å². The zero-order valence-corrected chi connectivity index (χ0v) is 13.7. The van der Waals surface area contributed by atoms with Crippen LogP contribution < -0.4 is 0 Å². The van der Waals surface area contributed by atoms with Gasteiger partial charge in [0.15, 0.2) is 5.78 Å². The smallest absolute Gasteiger partial charge is 0.223 e. The van der Waals surface area contributed by atoms with E-state index in [2.05, 4.69) is 13.8 Å². The molecule has 0 aliphatic carbocycles. The van der Waals surface area contributed by atoms with E-state index in [-0.39, 0.29) is 11.7 Å². The van der Waals surface area contributed by atoms with Gasteiger partial charge in [0.05, 0.1) is 0 Å². The minimum Gasteiger partial charge on any atom is -0.343 e. The minimum absolute atomic E-state index is 0.0478. The molecule has 0 radical (unpaired) electrons. The zero-order chi connectivity index (χ0) is 15.8. The molecule has 1 amide bonds. The third-order valence-electron chi connectivity index (χ3n) is 3.60. The van der Waals surface area contributed by atoms with Crippen LogP contribution in [0.1, 0.15) is 56.5 Å². The summed E-state index contributed by atoms with van der Waals surface area (Å²) in [6.45, 7) is 9.67. The Balaban J connectivity index is 2.54. The van der Waals surface area contributed by atoms with Gasteiger partial charge in [0.2, 0.25) is 5.91 Å². The number of nitrogens with zero attached hydrogens (tertiary/aromatic N) is 1. The molecule has 0 aromatic heterocycles. The minimum atomic E-state index is 0.0478. The lowest BCUT2D eigenvalue weighted by molar-refractivity contribution is -0.130. The molecule has 0 atom stereocenters. The maximum absolute atomic E-state index is 12.1. The number of carbonyl (C=O) groups excluding carboxylic acids is 2. The fourth-order valence-corrected chi connectivity index (χ4v) is 2.40. The van der Waals surface area contributed by atoms with Crippen molar-refractivity contribution in [3.05, 3.63) is 35.4 Å². The normalized spacial score (nSPS) is 10.7. The molecule has 0 heterocycles. The van der Waals surface area contributed by atoms with Crippen LogP contribution in [-0.4, -0.2) is 29.7 Å². The van der Waals surface area contributed by atoms with Gasteiger partial charge >= 0.3 is 0 Å². The maximum atomic E-state index is 12.1. The quantitative estimate of drug-likeness (QED) is 0.684. The van der Waals surface area contributed by atoms with Crippen molar-refractivity contribution in [1.29, 1.82) is 0 Å². The largest absolute Gasteiger partial charge is 0.343 e. The molecule has 21 heavy (non-hydrogen) atoms. The van der Waals surface area contributed by atoms with Crippen LogP contribution in [0.2, 0.25) is 0 Å². The molecule has 0 fully saturated rings. The van der Waals surface area contributed by atoms with Crippen LogP contribution in [0.15, 0.2) is 24.3 Å². The number of benzene rings is 1. The van der Waals surface area contributed by atoms with E-state index in [0.29, 0.717) is 37.4 Å². The number of Topliss-reactive ketones (excluding diaryl/α,β-unsaturated/α-hetero) is 1. The van der Waals surface area contributed by atoms with Gasteiger partial charge in [-0.25, -0.2) is 0 Å². The van der Waals surface area contributed by atoms with E-state index in [0.717, 1.165) is 6.42 Å². The Morgan fingerprint density at radius 1 is 1.00 bits per heavy atom. The molecule has 0 aliphatic rings. The second kappa shape index (κ2) is 8.60. The van der Waals surface area contributed by atoms with Crippen LogP contribution in [0, 0.1) is 5.92 Å². The maximum Gasteiger partial charge on any atom is 0.223 e. The van der Waals surface area contributed by atoms with Crippen LogP contribution in [0.3, 0.4) is 0 Å². The highest BCUT2D eigenvalue weighted by atomic mass is 16.2. The number of rotatable bonds is 8. The average Bonchev–Trinajstić information content (AvgIpc) is 2.46. The first-order valence-corrected chi connectivity index (χ1v) is 7.87. The average molecular weight is 289 g/mol. The molecular formula is C18H27NO2. The van der Waals surface area contributed by atoms with Crippen LogP contribution >= 0.6 is 0 Å². The molecule has 1 aromatic carbocycles. The summed E-state index contributed by atoms with van der Waals surface area (Å²) in [5.41, 5.74) is 1.95. The molecule has 3 heteroatoms. The molecule has 0 N–H and O–H groups in total. The van der Waals surface area contributed by atoms with Crippen LogP contribution in [0.5, 0.6) is 0 Å². The predicted molar refractivity (Wildman–Crippen MR) is 86.5 cm³/mol. The van der Waals surface area contributed by atoms with Crippen molar-refractivity contribution in [2.45, 2.75) is 47.0 Å². The highest BCUT2D eigenvalue weighted by molar-refractivity contribution is 5.97. The molecule has 1 aromatic rings. The van der Waals surface area contributed by atoms with Crippen LogP contribution in [0.4, 0.5) is 0 Å². The van der Waals surface area contributed by atoms with Gasteiger partial charge in [-0.1, -0.05) is 38.1 Å². The van der Waals surface area contributed by atoms with Gasteiger partial charge in [0.1, 0.15) is 0 Å². The van der Waals surface area contributed by atoms with Gasteiger partial charge in [0.25, 0.3) is 0 Å². The molecule has 0 spiro atoms. The molecule has 0 unspecified atom stereocenters. The molecular weight excluding hydrogens is 262 g/mol. The van der Waals surface area contributed by atoms with E-state index in [1.165, 1.54) is 5.56 Å². The fourth-order valence-electron chi connectivity index (χ4n) is 2.40. The predicted octanol–water partition coefficient (Wildman–Crippen LogP) is 3.72. The number of amides is 1. The summed E-state index contributed by atoms with van der Waals surface area (Å²) in [5.74, 6) is 0.717. The Morgan fingerprint density at radius 2 is 1.57 bits per heavy atom. The summed E-state index contributed by atoms with van der Waals surface area (Å²) in [5, 5.41) is 0. The molecule has 0 saturated heterocycles. The second-order valence-corrected chi connectivity index (χ2v) is 5.78. The Hall–Kier alpha value is -1.64. The lowest BCUT2D eigenvalue weighted by Crippen LogP contribution is -2.30. The highest BCUT2D eigenvalue weighted by Gasteiger charge is 2.13. The third-order valence-corrected chi connectivity index (χ3v) is 3.60. The van der Waals surface area contributed by atoms with Crippen LogP contribution in [-0.2, 0) is 11.2 Å². The standard InChI is InChI=1S/C18H27NO2/c1-5-19(6-2)18(21)12-11-17(20)16-9-7-15(8-10-16)13-14(3)4/h7-10,14H,5-6,11-13H2,1-4H3. The van der Waals surface area contributed by atoms with Crippen molar-refractivity contribution >= 4 is 11.7 Å². The summed E-state index contributed by atoms with van der Waals surface area (Å²) in [4.78, 5) is 25.8. The fraction of sp³-hybridized carbons (Fsp3) is 0.556. The number of carbonyl (C=O) groups is 2. The van der Waals surface area contributed by atoms with Crippen molar-refractivity contribution in [1.82, 2.24) is 4.90 Å². The van der Waals surface area contributed by atoms with Gasteiger partial charge in [0, 0.05) is 31.5 Å². The van der Waals surface area contributed by atoms with Gasteiger partial charge in [-0.15, -0.1) is 0 Å². The Morgan fingerprint density at radius 3 is 2.05 bits per heavy atom. The van der Waals surface area contributed by atoms with Gasteiger partial charge < -0.3 is 4.90 Å². The van der Waals surface area contributed by atoms with E-state index < -0.39 is 0 Å². The number of ketones is 1. The van der Waals surface area contributed by atoms with E-state index >= 15 is 0 Å².